The maximum Gasteiger partial charge on any atom is 0.209 e. The number of anilines is 1. The van der Waals surface area contributed by atoms with E-state index in [0.717, 1.165) is 28.4 Å². The van der Waals surface area contributed by atoms with Crippen molar-refractivity contribution < 1.29 is 5.11 Å². The molecule has 1 aromatic heterocycles. The predicted octanol–water partition coefficient (Wildman–Crippen LogP) is 1.26. The summed E-state index contributed by atoms with van der Waals surface area (Å²) in [7, 11) is 0. The Morgan fingerprint density at radius 1 is 1.54 bits per heavy atom. The Hall–Kier alpha value is -0.200. The average Bonchev–Trinajstić information content (AvgIpc) is 2.52. The quantitative estimate of drug-likeness (QED) is 0.829. The van der Waals surface area contributed by atoms with Gasteiger partial charge in [-0.3, -0.25) is 0 Å². The normalized spacial score (nSPS) is 23.5. The molecule has 1 aromatic rings. The van der Waals surface area contributed by atoms with Crippen LogP contribution in [0.4, 0.5) is 5.13 Å². The lowest BCUT2D eigenvalue weighted by molar-refractivity contribution is 0.154. The number of aromatic nitrogens is 2. The van der Waals surface area contributed by atoms with E-state index in [1.54, 1.807) is 0 Å². The van der Waals surface area contributed by atoms with Crippen molar-refractivity contribution in [1.29, 1.82) is 0 Å². The number of β-amino-alcohol motifs (C(OH)–C–C–N with tert-alkyl or cyclic N) is 1. The monoisotopic (exact) mass is 263 g/mol. The van der Waals surface area contributed by atoms with Crippen LogP contribution in [-0.2, 0) is 0 Å². The Bertz CT molecular complexity index is 293. The largest absolute Gasteiger partial charge is 0.391 e. The first-order valence-corrected chi connectivity index (χ1v) is 5.78. The highest BCUT2D eigenvalue weighted by atomic mass is 79.9. The highest BCUT2D eigenvalue weighted by molar-refractivity contribution is 9.11. The van der Waals surface area contributed by atoms with Gasteiger partial charge in [0.1, 0.15) is 0 Å². The molecule has 1 atom stereocenters. The average molecular weight is 264 g/mol. The molecule has 72 valence electrons. The Morgan fingerprint density at radius 3 is 3.00 bits per heavy atom. The van der Waals surface area contributed by atoms with E-state index in [4.69, 9.17) is 0 Å². The van der Waals surface area contributed by atoms with Gasteiger partial charge in [-0.1, -0.05) is 11.3 Å². The third-order valence-corrected chi connectivity index (χ3v) is 3.47. The smallest absolute Gasteiger partial charge is 0.209 e. The van der Waals surface area contributed by atoms with Crippen LogP contribution >= 0.6 is 27.3 Å². The molecule has 1 aliphatic heterocycles. The van der Waals surface area contributed by atoms with Crippen LogP contribution in [0.15, 0.2) is 3.92 Å². The molecular weight excluding hydrogens is 254 g/mol. The number of piperidine rings is 1. The second-order valence-electron chi connectivity index (χ2n) is 3.08. The van der Waals surface area contributed by atoms with Gasteiger partial charge in [0.25, 0.3) is 0 Å². The lowest BCUT2D eigenvalue weighted by atomic mass is 10.1. The first-order valence-electron chi connectivity index (χ1n) is 4.18. The fraction of sp³-hybridized carbons (Fsp3) is 0.714. The molecule has 1 aliphatic rings. The minimum atomic E-state index is -0.212. The first kappa shape index (κ1) is 9.36. The van der Waals surface area contributed by atoms with Gasteiger partial charge in [-0.15, -0.1) is 10.2 Å². The van der Waals surface area contributed by atoms with Crippen molar-refractivity contribution in [2.75, 3.05) is 18.0 Å². The van der Waals surface area contributed by atoms with E-state index in [2.05, 4.69) is 31.0 Å². The minimum Gasteiger partial charge on any atom is -0.391 e. The van der Waals surface area contributed by atoms with E-state index in [-0.39, 0.29) is 6.10 Å². The number of nitrogens with zero attached hydrogens (tertiary/aromatic N) is 3. The summed E-state index contributed by atoms with van der Waals surface area (Å²) in [6, 6.07) is 0. The molecule has 0 amide bonds. The van der Waals surface area contributed by atoms with E-state index < -0.39 is 0 Å². The number of hydrogen-bond donors (Lipinski definition) is 1. The van der Waals surface area contributed by atoms with Crippen molar-refractivity contribution in [3.63, 3.8) is 0 Å². The van der Waals surface area contributed by atoms with Gasteiger partial charge < -0.3 is 10.0 Å². The first-order chi connectivity index (χ1) is 6.25. The van der Waals surface area contributed by atoms with Crippen LogP contribution in [-0.4, -0.2) is 34.5 Å². The summed E-state index contributed by atoms with van der Waals surface area (Å²) in [6.45, 7) is 1.65. The van der Waals surface area contributed by atoms with Gasteiger partial charge in [-0.05, 0) is 28.8 Å². The maximum atomic E-state index is 9.45. The molecule has 6 heteroatoms. The molecule has 1 fully saturated rings. The Balaban J connectivity index is 2.08. The summed E-state index contributed by atoms with van der Waals surface area (Å²) in [4.78, 5) is 2.08. The van der Waals surface area contributed by atoms with Crippen LogP contribution in [0.5, 0.6) is 0 Å². The molecule has 1 unspecified atom stereocenters. The molecular formula is C7H10BrN3OS. The van der Waals surface area contributed by atoms with Crippen molar-refractivity contribution in [3.05, 3.63) is 3.92 Å². The second-order valence-corrected chi connectivity index (χ2v) is 5.31. The molecule has 0 bridgehead atoms. The highest BCUT2D eigenvalue weighted by Crippen LogP contribution is 2.26. The van der Waals surface area contributed by atoms with Crippen molar-refractivity contribution in [1.82, 2.24) is 10.2 Å². The van der Waals surface area contributed by atoms with Crippen LogP contribution in [0.25, 0.3) is 0 Å². The molecule has 2 rings (SSSR count). The van der Waals surface area contributed by atoms with Crippen molar-refractivity contribution in [2.45, 2.75) is 18.9 Å². The van der Waals surface area contributed by atoms with E-state index in [1.165, 1.54) is 11.3 Å². The summed E-state index contributed by atoms with van der Waals surface area (Å²) < 4.78 is 0.794. The Morgan fingerprint density at radius 2 is 2.38 bits per heavy atom. The van der Waals surface area contributed by atoms with Crippen molar-refractivity contribution in [3.8, 4) is 0 Å². The van der Waals surface area contributed by atoms with E-state index in [0.29, 0.717) is 6.54 Å². The lowest BCUT2D eigenvalue weighted by Crippen LogP contribution is -2.38. The van der Waals surface area contributed by atoms with Crippen LogP contribution in [0.1, 0.15) is 12.8 Å². The predicted molar refractivity (Wildman–Crippen MR) is 55.1 cm³/mol. The lowest BCUT2D eigenvalue weighted by Gasteiger charge is -2.29. The third-order valence-electron chi connectivity index (χ3n) is 2.06. The molecule has 0 aliphatic carbocycles. The molecule has 0 radical (unpaired) electrons. The molecule has 0 aromatic carbocycles. The van der Waals surface area contributed by atoms with Crippen LogP contribution < -0.4 is 4.90 Å². The van der Waals surface area contributed by atoms with E-state index in [9.17, 15) is 5.11 Å². The summed E-state index contributed by atoms with van der Waals surface area (Å²) >= 11 is 4.78. The van der Waals surface area contributed by atoms with Gasteiger partial charge >= 0.3 is 0 Å². The molecule has 0 saturated carbocycles. The van der Waals surface area contributed by atoms with Gasteiger partial charge in [-0.2, -0.15) is 0 Å². The van der Waals surface area contributed by atoms with Crippen LogP contribution in [0.2, 0.25) is 0 Å². The number of hydrogen-bond acceptors (Lipinski definition) is 5. The van der Waals surface area contributed by atoms with Gasteiger partial charge in [0.2, 0.25) is 5.13 Å². The van der Waals surface area contributed by atoms with Crippen LogP contribution in [0.3, 0.4) is 0 Å². The molecule has 13 heavy (non-hydrogen) atoms. The summed E-state index contributed by atoms with van der Waals surface area (Å²) in [6.07, 6.45) is 1.71. The summed E-state index contributed by atoms with van der Waals surface area (Å²) in [5, 5.41) is 18.2. The topological polar surface area (TPSA) is 49.2 Å². The zero-order chi connectivity index (χ0) is 9.26. The molecule has 4 nitrogen and oxygen atoms in total. The van der Waals surface area contributed by atoms with Crippen molar-refractivity contribution in [2.24, 2.45) is 0 Å². The Kier molecular flexibility index (Phi) is 2.80. The number of halogens is 1. The minimum absolute atomic E-state index is 0.212. The van der Waals surface area contributed by atoms with Crippen LogP contribution in [0, 0.1) is 0 Å². The zero-order valence-electron chi connectivity index (χ0n) is 6.98. The summed E-state index contributed by atoms with van der Waals surface area (Å²) in [5.41, 5.74) is 0. The van der Waals surface area contributed by atoms with E-state index >= 15 is 0 Å². The SMILES string of the molecule is OC1CCCN(c2nnc(Br)s2)C1. The van der Waals surface area contributed by atoms with E-state index in [1.807, 2.05) is 0 Å². The molecule has 0 spiro atoms. The summed E-state index contributed by atoms with van der Waals surface area (Å²) in [5.74, 6) is 0. The number of rotatable bonds is 1. The number of aliphatic hydroxyl groups is 1. The molecule has 2 heterocycles. The fourth-order valence-electron chi connectivity index (χ4n) is 1.45. The van der Waals surface area contributed by atoms with Crippen molar-refractivity contribution >= 4 is 32.4 Å². The van der Waals surface area contributed by atoms with Gasteiger partial charge in [-0.25, -0.2) is 0 Å². The third kappa shape index (κ3) is 2.18. The maximum absolute atomic E-state index is 9.45. The zero-order valence-corrected chi connectivity index (χ0v) is 9.38. The van der Waals surface area contributed by atoms with Gasteiger partial charge in [0, 0.05) is 13.1 Å². The highest BCUT2D eigenvalue weighted by Gasteiger charge is 2.20. The fourth-order valence-corrected chi connectivity index (χ4v) is 2.58. The van der Waals surface area contributed by atoms with Gasteiger partial charge in [0.05, 0.1) is 6.10 Å². The second kappa shape index (κ2) is 3.89. The van der Waals surface area contributed by atoms with Gasteiger partial charge in [0.15, 0.2) is 3.92 Å². The molecule has 1 N–H and O–H groups in total. The Labute approximate surface area is 88.7 Å². The standard InChI is InChI=1S/C7H10BrN3OS/c8-6-9-10-7(13-6)11-3-1-2-5(12)4-11/h5,12H,1-4H2. The molecule has 1 saturated heterocycles. The number of aliphatic hydroxyl groups excluding tert-OH is 1.